The summed E-state index contributed by atoms with van der Waals surface area (Å²) in [7, 11) is 0. The molecule has 0 saturated carbocycles. The quantitative estimate of drug-likeness (QED) is 0.661. The summed E-state index contributed by atoms with van der Waals surface area (Å²) in [6.45, 7) is 10.1. The fourth-order valence-corrected chi connectivity index (χ4v) is 2.84. The molecule has 5 heteroatoms. The van der Waals surface area contributed by atoms with Gasteiger partial charge in [0.05, 0.1) is 13.2 Å². The summed E-state index contributed by atoms with van der Waals surface area (Å²) in [4.78, 5) is 0. The van der Waals surface area contributed by atoms with Gasteiger partial charge >= 0.3 is 0 Å². The fourth-order valence-electron chi connectivity index (χ4n) is 2.62. The van der Waals surface area contributed by atoms with Crippen molar-refractivity contribution in [1.29, 1.82) is 0 Å². The topological polar surface area (TPSA) is 42.5 Å². The minimum absolute atomic E-state index is 0.617. The predicted octanol–water partition coefficient (Wildman–Crippen LogP) is 4.63. The van der Waals surface area contributed by atoms with Crippen LogP contribution in [-0.4, -0.2) is 24.9 Å². The molecule has 0 unspecified atom stereocenters. The normalized spacial score (nSPS) is 10.3. The standard InChI is InChI=1S/C21H28N2O2S/c1-5-24-19-11-10-17(14-20(19)25-6-2)12-13-22-21(26)23-18-9-7-8-15(3)16(18)4/h7-11,14H,5-6,12-13H2,1-4H3,(H2,22,23,26). The molecule has 140 valence electrons. The molecule has 0 radical (unpaired) electrons. The van der Waals surface area contributed by atoms with E-state index in [1.165, 1.54) is 16.7 Å². The SMILES string of the molecule is CCOc1ccc(CCNC(=S)Nc2cccc(C)c2C)cc1OCC. The predicted molar refractivity (Wildman–Crippen MR) is 113 cm³/mol. The van der Waals surface area contributed by atoms with Crippen LogP contribution in [0.3, 0.4) is 0 Å². The van der Waals surface area contributed by atoms with Crippen LogP contribution in [0.25, 0.3) is 0 Å². The summed E-state index contributed by atoms with van der Waals surface area (Å²) in [5, 5.41) is 7.17. The molecule has 0 heterocycles. The van der Waals surface area contributed by atoms with E-state index in [0.29, 0.717) is 18.3 Å². The van der Waals surface area contributed by atoms with Crippen LogP contribution in [0.1, 0.15) is 30.5 Å². The second-order valence-electron chi connectivity index (χ2n) is 6.03. The minimum atomic E-state index is 0.617. The number of benzene rings is 2. The second-order valence-corrected chi connectivity index (χ2v) is 6.43. The number of ether oxygens (including phenoxy) is 2. The van der Waals surface area contributed by atoms with Gasteiger partial charge in [-0.15, -0.1) is 0 Å². The summed E-state index contributed by atoms with van der Waals surface area (Å²) in [5.74, 6) is 1.58. The van der Waals surface area contributed by atoms with Crippen molar-refractivity contribution in [3.05, 3.63) is 53.1 Å². The Morgan fingerprint density at radius 1 is 1.00 bits per heavy atom. The summed E-state index contributed by atoms with van der Waals surface area (Å²) in [6.07, 6.45) is 0.848. The monoisotopic (exact) mass is 372 g/mol. The van der Waals surface area contributed by atoms with Crippen molar-refractivity contribution >= 4 is 23.0 Å². The van der Waals surface area contributed by atoms with Gasteiger partial charge in [-0.3, -0.25) is 0 Å². The first-order chi connectivity index (χ1) is 12.5. The number of hydrogen-bond donors (Lipinski definition) is 2. The first-order valence-corrected chi connectivity index (χ1v) is 9.45. The fraction of sp³-hybridized carbons (Fsp3) is 0.381. The van der Waals surface area contributed by atoms with Gasteiger partial charge < -0.3 is 20.1 Å². The number of nitrogens with one attached hydrogen (secondary N) is 2. The van der Waals surface area contributed by atoms with Crippen molar-refractivity contribution in [3.8, 4) is 11.5 Å². The molecule has 26 heavy (non-hydrogen) atoms. The third kappa shape index (κ3) is 5.63. The Balaban J connectivity index is 1.89. The molecular formula is C21H28N2O2S. The highest BCUT2D eigenvalue weighted by molar-refractivity contribution is 7.80. The molecule has 0 atom stereocenters. The van der Waals surface area contributed by atoms with Crippen LogP contribution in [0.2, 0.25) is 0 Å². The van der Waals surface area contributed by atoms with E-state index in [0.717, 1.165) is 30.2 Å². The Morgan fingerprint density at radius 3 is 2.46 bits per heavy atom. The molecule has 0 bridgehead atoms. The van der Waals surface area contributed by atoms with Crippen LogP contribution in [0.15, 0.2) is 36.4 Å². The van der Waals surface area contributed by atoms with Crippen molar-refractivity contribution in [3.63, 3.8) is 0 Å². The van der Waals surface area contributed by atoms with Crippen molar-refractivity contribution < 1.29 is 9.47 Å². The van der Waals surface area contributed by atoms with Crippen molar-refractivity contribution in [2.45, 2.75) is 34.1 Å². The third-order valence-corrected chi connectivity index (χ3v) is 4.41. The molecule has 2 aromatic carbocycles. The average molecular weight is 373 g/mol. The van der Waals surface area contributed by atoms with Gasteiger partial charge in [0.15, 0.2) is 16.6 Å². The molecule has 0 amide bonds. The Labute approximate surface area is 161 Å². The van der Waals surface area contributed by atoms with Gasteiger partial charge in [-0.25, -0.2) is 0 Å². The zero-order chi connectivity index (χ0) is 18.9. The lowest BCUT2D eigenvalue weighted by Crippen LogP contribution is -2.30. The molecule has 4 nitrogen and oxygen atoms in total. The van der Waals surface area contributed by atoms with E-state index in [1.54, 1.807) is 0 Å². The lowest BCUT2D eigenvalue weighted by Gasteiger charge is -2.15. The zero-order valence-electron chi connectivity index (χ0n) is 16.0. The van der Waals surface area contributed by atoms with E-state index in [-0.39, 0.29) is 0 Å². The molecule has 0 fully saturated rings. The number of aryl methyl sites for hydroxylation is 1. The average Bonchev–Trinajstić information content (AvgIpc) is 2.61. The summed E-state index contributed by atoms with van der Waals surface area (Å²) >= 11 is 5.41. The molecule has 0 aromatic heterocycles. The van der Waals surface area contributed by atoms with Gasteiger partial charge in [0.1, 0.15) is 0 Å². The molecule has 0 saturated heterocycles. The van der Waals surface area contributed by atoms with Crippen molar-refractivity contribution in [2.75, 3.05) is 25.1 Å². The second kappa shape index (κ2) is 10.0. The highest BCUT2D eigenvalue weighted by Gasteiger charge is 2.07. The number of rotatable bonds is 8. The maximum absolute atomic E-state index is 5.68. The smallest absolute Gasteiger partial charge is 0.170 e. The number of hydrogen-bond acceptors (Lipinski definition) is 3. The van der Waals surface area contributed by atoms with E-state index >= 15 is 0 Å². The maximum atomic E-state index is 5.68. The van der Waals surface area contributed by atoms with Crippen molar-refractivity contribution in [2.24, 2.45) is 0 Å². The highest BCUT2D eigenvalue weighted by atomic mass is 32.1. The largest absolute Gasteiger partial charge is 0.490 e. The summed E-state index contributed by atoms with van der Waals surface area (Å²) in [5.41, 5.74) is 4.68. The number of thiocarbonyl (C=S) groups is 1. The first-order valence-electron chi connectivity index (χ1n) is 9.04. The van der Waals surface area contributed by atoms with Crippen LogP contribution >= 0.6 is 12.2 Å². The molecule has 2 N–H and O–H groups in total. The van der Waals surface area contributed by atoms with E-state index in [1.807, 2.05) is 38.1 Å². The van der Waals surface area contributed by atoms with Crippen LogP contribution in [-0.2, 0) is 6.42 Å². The van der Waals surface area contributed by atoms with Crippen LogP contribution in [0.4, 0.5) is 5.69 Å². The Kier molecular flexibility index (Phi) is 7.73. The van der Waals surface area contributed by atoms with Gasteiger partial charge in [-0.05, 0) is 81.2 Å². The van der Waals surface area contributed by atoms with E-state index < -0.39 is 0 Å². The minimum Gasteiger partial charge on any atom is -0.490 e. The van der Waals surface area contributed by atoms with Gasteiger partial charge in [-0.2, -0.15) is 0 Å². The third-order valence-electron chi connectivity index (χ3n) is 4.16. The van der Waals surface area contributed by atoms with E-state index in [2.05, 4.69) is 36.6 Å². The van der Waals surface area contributed by atoms with Gasteiger partial charge in [-0.1, -0.05) is 18.2 Å². The maximum Gasteiger partial charge on any atom is 0.170 e. The lowest BCUT2D eigenvalue weighted by atomic mass is 10.1. The summed E-state index contributed by atoms with van der Waals surface area (Å²) in [6, 6.07) is 12.2. The first kappa shape index (κ1) is 20.0. The zero-order valence-corrected chi connectivity index (χ0v) is 16.8. The Morgan fingerprint density at radius 2 is 1.73 bits per heavy atom. The molecule has 0 aliphatic carbocycles. The van der Waals surface area contributed by atoms with E-state index in [4.69, 9.17) is 21.7 Å². The molecule has 0 spiro atoms. The van der Waals surface area contributed by atoms with Crippen LogP contribution in [0, 0.1) is 13.8 Å². The summed E-state index contributed by atoms with van der Waals surface area (Å²) < 4.78 is 11.3. The molecule has 0 aliphatic heterocycles. The van der Waals surface area contributed by atoms with Crippen LogP contribution in [0.5, 0.6) is 11.5 Å². The van der Waals surface area contributed by atoms with Crippen molar-refractivity contribution in [1.82, 2.24) is 5.32 Å². The Hall–Kier alpha value is -2.27. The van der Waals surface area contributed by atoms with Gasteiger partial charge in [0, 0.05) is 12.2 Å². The molecular weight excluding hydrogens is 344 g/mol. The van der Waals surface area contributed by atoms with Gasteiger partial charge in [0.2, 0.25) is 0 Å². The molecule has 2 rings (SSSR count). The Bertz CT molecular complexity index is 747. The van der Waals surface area contributed by atoms with Gasteiger partial charge in [0.25, 0.3) is 0 Å². The molecule has 0 aliphatic rings. The van der Waals surface area contributed by atoms with Crippen LogP contribution < -0.4 is 20.1 Å². The highest BCUT2D eigenvalue weighted by Crippen LogP contribution is 2.28. The van der Waals surface area contributed by atoms with E-state index in [9.17, 15) is 0 Å². The molecule has 2 aromatic rings. The number of anilines is 1. The lowest BCUT2D eigenvalue weighted by molar-refractivity contribution is 0.287.